The molecule has 3 heteroatoms. The minimum Gasteiger partial charge on any atom is -0.361 e. The molecule has 0 spiro atoms. The Balaban J connectivity index is 0.00000106. The fraction of sp³-hybridized carbons (Fsp3) is 0.167. The SMILES string of the molecule is C=C/C=C(\C=C)CNC(=O)c1cccc2[nH]ccc12.CC. The van der Waals surface area contributed by atoms with Crippen molar-refractivity contribution in [1.29, 1.82) is 0 Å². The lowest BCUT2D eigenvalue weighted by atomic mass is 10.1. The van der Waals surface area contributed by atoms with Crippen LogP contribution in [0.25, 0.3) is 10.9 Å². The first kappa shape index (κ1) is 16.5. The summed E-state index contributed by atoms with van der Waals surface area (Å²) in [7, 11) is 0. The predicted octanol–water partition coefficient (Wildman–Crippen LogP) is 4.22. The van der Waals surface area contributed by atoms with E-state index in [4.69, 9.17) is 0 Å². The van der Waals surface area contributed by atoms with Gasteiger partial charge in [-0.25, -0.2) is 0 Å². The van der Waals surface area contributed by atoms with Crippen molar-refractivity contribution in [3.63, 3.8) is 0 Å². The average molecular weight is 282 g/mol. The summed E-state index contributed by atoms with van der Waals surface area (Å²) in [5.41, 5.74) is 2.54. The molecule has 0 aliphatic rings. The van der Waals surface area contributed by atoms with E-state index in [1.807, 2.05) is 50.4 Å². The maximum absolute atomic E-state index is 12.2. The van der Waals surface area contributed by atoms with Gasteiger partial charge in [0.05, 0.1) is 0 Å². The summed E-state index contributed by atoms with van der Waals surface area (Å²) in [6.45, 7) is 11.8. The van der Waals surface area contributed by atoms with E-state index < -0.39 is 0 Å². The summed E-state index contributed by atoms with van der Waals surface area (Å²) >= 11 is 0. The van der Waals surface area contributed by atoms with E-state index in [2.05, 4.69) is 23.5 Å². The summed E-state index contributed by atoms with van der Waals surface area (Å²) in [5, 5.41) is 3.80. The zero-order chi connectivity index (χ0) is 15.7. The summed E-state index contributed by atoms with van der Waals surface area (Å²) < 4.78 is 0. The second-order valence-electron chi connectivity index (χ2n) is 4.11. The Labute approximate surface area is 126 Å². The highest BCUT2D eigenvalue weighted by atomic mass is 16.1. The molecule has 1 amide bonds. The van der Waals surface area contributed by atoms with Gasteiger partial charge >= 0.3 is 0 Å². The molecule has 2 rings (SSSR count). The van der Waals surface area contributed by atoms with Crippen LogP contribution in [-0.2, 0) is 0 Å². The molecule has 0 radical (unpaired) electrons. The molecule has 21 heavy (non-hydrogen) atoms. The first-order valence-corrected chi connectivity index (χ1v) is 7.04. The molecule has 110 valence electrons. The minimum atomic E-state index is -0.0954. The van der Waals surface area contributed by atoms with E-state index in [1.165, 1.54) is 0 Å². The molecule has 2 N–H and O–H groups in total. The minimum absolute atomic E-state index is 0.0954. The summed E-state index contributed by atoms with van der Waals surface area (Å²) in [6, 6.07) is 7.52. The lowest BCUT2D eigenvalue weighted by Crippen LogP contribution is -2.25. The Morgan fingerprint density at radius 1 is 1.29 bits per heavy atom. The fourth-order valence-corrected chi connectivity index (χ4v) is 1.91. The van der Waals surface area contributed by atoms with Gasteiger partial charge in [-0.05, 0) is 23.8 Å². The van der Waals surface area contributed by atoms with Crippen LogP contribution in [0.1, 0.15) is 24.2 Å². The number of carbonyl (C=O) groups is 1. The molecule has 0 fully saturated rings. The van der Waals surface area contributed by atoms with Crippen LogP contribution in [0.2, 0.25) is 0 Å². The van der Waals surface area contributed by atoms with Crippen LogP contribution in [0.15, 0.2) is 67.4 Å². The first-order chi connectivity index (χ1) is 10.3. The van der Waals surface area contributed by atoms with Gasteiger partial charge in [-0.1, -0.05) is 51.3 Å². The van der Waals surface area contributed by atoms with Crippen LogP contribution in [0.4, 0.5) is 0 Å². The number of benzene rings is 1. The van der Waals surface area contributed by atoms with Crippen LogP contribution in [-0.4, -0.2) is 17.4 Å². The van der Waals surface area contributed by atoms with Crippen molar-refractivity contribution >= 4 is 16.8 Å². The molecular weight excluding hydrogens is 260 g/mol. The molecule has 3 nitrogen and oxygen atoms in total. The van der Waals surface area contributed by atoms with Crippen molar-refractivity contribution in [2.45, 2.75) is 13.8 Å². The number of amides is 1. The third-order valence-corrected chi connectivity index (χ3v) is 2.89. The van der Waals surface area contributed by atoms with Crippen LogP contribution in [0.3, 0.4) is 0 Å². The summed E-state index contributed by atoms with van der Waals surface area (Å²) in [6.07, 6.45) is 7.03. The molecule has 1 heterocycles. The van der Waals surface area contributed by atoms with E-state index in [-0.39, 0.29) is 5.91 Å². The molecule has 0 saturated heterocycles. The number of allylic oxidation sites excluding steroid dienone is 2. The van der Waals surface area contributed by atoms with Crippen LogP contribution < -0.4 is 5.32 Å². The Morgan fingerprint density at radius 3 is 2.71 bits per heavy atom. The maximum Gasteiger partial charge on any atom is 0.252 e. The number of hydrogen-bond acceptors (Lipinski definition) is 1. The van der Waals surface area contributed by atoms with Gasteiger partial charge in [0, 0.05) is 29.2 Å². The van der Waals surface area contributed by atoms with Crippen molar-refractivity contribution < 1.29 is 4.79 Å². The zero-order valence-corrected chi connectivity index (χ0v) is 12.6. The number of H-pyrrole nitrogens is 1. The van der Waals surface area contributed by atoms with Crippen LogP contribution in [0.5, 0.6) is 0 Å². The fourth-order valence-electron chi connectivity index (χ4n) is 1.91. The Morgan fingerprint density at radius 2 is 2.05 bits per heavy atom. The van der Waals surface area contributed by atoms with Gasteiger partial charge in [-0.2, -0.15) is 0 Å². The number of nitrogens with one attached hydrogen (secondary N) is 2. The van der Waals surface area contributed by atoms with E-state index in [1.54, 1.807) is 12.2 Å². The standard InChI is InChI=1S/C16H16N2O.C2H6/c1-3-6-12(4-2)11-18-16(19)14-7-5-8-15-13(14)9-10-17-15;1-2/h3-10,17H,1-2,11H2,(H,18,19);1-2H3/b12-6+;. The average Bonchev–Trinajstić information content (AvgIpc) is 3.01. The largest absolute Gasteiger partial charge is 0.361 e. The molecule has 0 atom stereocenters. The molecule has 0 unspecified atom stereocenters. The van der Waals surface area contributed by atoms with Gasteiger partial charge in [-0.15, -0.1) is 0 Å². The van der Waals surface area contributed by atoms with Crippen molar-refractivity contribution in [2.75, 3.05) is 6.54 Å². The summed E-state index contributed by atoms with van der Waals surface area (Å²) in [4.78, 5) is 15.3. The first-order valence-electron chi connectivity index (χ1n) is 7.04. The van der Waals surface area contributed by atoms with Gasteiger partial charge in [0.15, 0.2) is 0 Å². The number of aromatic amines is 1. The molecule has 0 bridgehead atoms. The van der Waals surface area contributed by atoms with E-state index >= 15 is 0 Å². The maximum atomic E-state index is 12.2. The van der Waals surface area contributed by atoms with Gasteiger partial charge in [0.1, 0.15) is 0 Å². The normalized spacial score (nSPS) is 10.5. The van der Waals surface area contributed by atoms with Crippen LogP contribution in [0, 0.1) is 0 Å². The molecular formula is C18H22N2O. The number of hydrogen-bond donors (Lipinski definition) is 2. The predicted molar refractivity (Wildman–Crippen MR) is 90.5 cm³/mol. The highest BCUT2D eigenvalue weighted by molar-refractivity contribution is 6.06. The van der Waals surface area contributed by atoms with E-state index in [0.29, 0.717) is 12.1 Å². The lowest BCUT2D eigenvalue weighted by molar-refractivity contribution is 0.0959. The van der Waals surface area contributed by atoms with E-state index in [0.717, 1.165) is 16.5 Å². The molecule has 1 aromatic heterocycles. The number of fused-ring (bicyclic) bond motifs is 1. The second kappa shape index (κ2) is 8.59. The number of rotatable bonds is 5. The van der Waals surface area contributed by atoms with E-state index in [9.17, 15) is 4.79 Å². The molecule has 0 saturated carbocycles. The third-order valence-electron chi connectivity index (χ3n) is 2.89. The number of aromatic nitrogens is 1. The second-order valence-corrected chi connectivity index (χ2v) is 4.11. The Hall–Kier alpha value is -2.55. The van der Waals surface area contributed by atoms with Gasteiger partial charge in [0.2, 0.25) is 0 Å². The molecule has 1 aromatic carbocycles. The highest BCUT2D eigenvalue weighted by Gasteiger charge is 2.09. The monoisotopic (exact) mass is 282 g/mol. The Kier molecular flexibility index (Phi) is 6.75. The smallest absolute Gasteiger partial charge is 0.252 e. The Bertz CT molecular complexity index is 650. The quantitative estimate of drug-likeness (QED) is 0.792. The molecule has 0 aliphatic heterocycles. The van der Waals surface area contributed by atoms with Gasteiger partial charge in [-0.3, -0.25) is 4.79 Å². The van der Waals surface area contributed by atoms with Crippen LogP contribution >= 0.6 is 0 Å². The molecule has 2 aromatic rings. The van der Waals surface area contributed by atoms with Crippen molar-refractivity contribution in [3.8, 4) is 0 Å². The van der Waals surface area contributed by atoms with Gasteiger partial charge in [0.25, 0.3) is 5.91 Å². The topological polar surface area (TPSA) is 44.9 Å². The van der Waals surface area contributed by atoms with Crippen molar-refractivity contribution in [1.82, 2.24) is 10.3 Å². The lowest BCUT2D eigenvalue weighted by Gasteiger charge is -2.06. The summed E-state index contributed by atoms with van der Waals surface area (Å²) in [5.74, 6) is -0.0954. The third kappa shape index (κ3) is 4.21. The van der Waals surface area contributed by atoms with Gasteiger partial charge < -0.3 is 10.3 Å². The van der Waals surface area contributed by atoms with Crippen molar-refractivity contribution in [3.05, 3.63) is 73.0 Å². The highest BCUT2D eigenvalue weighted by Crippen LogP contribution is 2.17. The number of carbonyl (C=O) groups excluding carboxylic acids is 1. The zero-order valence-electron chi connectivity index (χ0n) is 12.6. The van der Waals surface area contributed by atoms with Crippen molar-refractivity contribution in [2.24, 2.45) is 0 Å². The molecule has 0 aliphatic carbocycles.